The summed E-state index contributed by atoms with van der Waals surface area (Å²) in [6, 6.07) is 63.4. The molecule has 5 heteroatoms. The van der Waals surface area contributed by atoms with E-state index < -0.39 is 0 Å². The fraction of sp³-hybridized carbons (Fsp3) is 0. The molecule has 0 atom stereocenters. The molecule has 0 aliphatic heterocycles. The zero-order chi connectivity index (χ0) is 35.6. The molecule has 3 aromatic heterocycles. The summed E-state index contributed by atoms with van der Waals surface area (Å²) in [7, 11) is 0. The van der Waals surface area contributed by atoms with Crippen LogP contribution < -0.4 is 0 Å². The van der Waals surface area contributed by atoms with Crippen molar-refractivity contribution in [3.05, 3.63) is 182 Å². The van der Waals surface area contributed by atoms with E-state index in [2.05, 4.69) is 114 Å². The lowest BCUT2D eigenvalue weighted by molar-refractivity contribution is 0.670. The van der Waals surface area contributed by atoms with Crippen molar-refractivity contribution >= 4 is 54.5 Å². The molecule has 0 spiro atoms. The molecule has 8 aromatic carbocycles. The Balaban J connectivity index is 1.11. The minimum Gasteiger partial charge on any atom is -0.455 e. The Morgan fingerprint density at radius 2 is 0.907 bits per heavy atom. The van der Waals surface area contributed by atoms with Gasteiger partial charge in [0.2, 0.25) is 0 Å². The summed E-state index contributed by atoms with van der Waals surface area (Å²) in [4.78, 5) is 14.8. The lowest BCUT2D eigenvalue weighted by atomic mass is 9.99. The van der Waals surface area contributed by atoms with Crippen molar-refractivity contribution in [3.8, 4) is 51.0 Å². The summed E-state index contributed by atoms with van der Waals surface area (Å²) >= 11 is 0. The van der Waals surface area contributed by atoms with Gasteiger partial charge in [0.1, 0.15) is 11.2 Å². The molecule has 54 heavy (non-hydrogen) atoms. The summed E-state index contributed by atoms with van der Waals surface area (Å²) in [5.41, 5.74) is 9.97. The second-order valence-electron chi connectivity index (χ2n) is 13.7. The van der Waals surface area contributed by atoms with Crippen LogP contribution in [0.15, 0.2) is 186 Å². The van der Waals surface area contributed by atoms with Crippen LogP contribution in [0.3, 0.4) is 0 Å². The van der Waals surface area contributed by atoms with Crippen molar-refractivity contribution in [2.75, 3.05) is 0 Å². The van der Waals surface area contributed by atoms with E-state index >= 15 is 0 Å². The zero-order valence-corrected chi connectivity index (χ0v) is 29.0. The van der Waals surface area contributed by atoms with E-state index in [0.717, 1.165) is 61.0 Å². The van der Waals surface area contributed by atoms with E-state index in [4.69, 9.17) is 19.4 Å². The number of hydrogen-bond donors (Lipinski definition) is 0. The summed E-state index contributed by atoms with van der Waals surface area (Å²) in [6.07, 6.45) is 0. The molecule has 0 fully saturated rings. The van der Waals surface area contributed by atoms with Gasteiger partial charge in [-0.15, -0.1) is 0 Å². The van der Waals surface area contributed by atoms with Gasteiger partial charge in [-0.05, 0) is 52.7 Å². The first kappa shape index (κ1) is 30.3. The Kier molecular flexibility index (Phi) is 6.79. The van der Waals surface area contributed by atoms with Crippen molar-refractivity contribution in [2.24, 2.45) is 0 Å². The summed E-state index contributed by atoms with van der Waals surface area (Å²) in [6.45, 7) is 0. The van der Waals surface area contributed by atoms with Crippen molar-refractivity contribution in [3.63, 3.8) is 0 Å². The number of rotatable bonds is 5. The van der Waals surface area contributed by atoms with Crippen LogP contribution in [0.2, 0.25) is 0 Å². The SMILES string of the molecule is c1ccc(-c2nc(-c3ccccc3)nc(-c3ccc(-c4cc(-n5c6ccccc6c6cc7ccccc7cc65)cc5c4oc4ccccc45)cc3)n2)cc1. The maximum absolute atomic E-state index is 6.65. The highest BCUT2D eigenvalue weighted by molar-refractivity contribution is 6.15. The van der Waals surface area contributed by atoms with Gasteiger partial charge >= 0.3 is 0 Å². The third-order valence-corrected chi connectivity index (χ3v) is 10.4. The number of hydrogen-bond acceptors (Lipinski definition) is 4. The van der Waals surface area contributed by atoms with Crippen molar-refractivity contribution in [1.82, 2.24) is 19.5 Å². The van der Waals surface area contributed by atoms with Crippen molar-refractivity contribution in [1.29, 1.82) is 0 Å². The third-order valence-electron chi connectivity index (χ3n) is 10.4. The van der Waals surface area contributed by atoms with Gasteiger partial charge in [0.15, 0.2) is 17.5 Å². The maximum atomic E-state index is 6.65. The van der Waals surface area contributed by atoms with Crippen LogP contribution in [0.25, 0.3) is 105 Å². The van der Waals surface area contributed by atoms with E-state index in [1.807, 2.05) is 72.8 Å². The molecule has 0 unspecified atom stereocenters. The highest BCUT2D eigenvalue weighted by Crippen LogP contribution is 2.41. The van der Waals surface area contributed by atoms with Crippen LogP contribution in [-0.4, -0.2) is 19.5 Å². The molecule has 3 heterocycles. The standard InChI is InChI=1S/C49H30N4O/c1-3-13-32(14-4-1)47-50-48(33-15-5-2-6-16-33)52-49(51-47)34-25-23-31(24-26-34)40-29-37(30-42-39-20-10-12-22-45(39)54-46(40)42)53-43-21-11-9-19-38(43)41-27-35-17-7-8-18-36(35)28-44(41)53/h1-30H. The summed E-state index contributed by atoms with van der Waals surface area (Å²) in [5.74, 6) is 1.90. The molecule has 0 amide bonds. The third kappa shape index (κ3) is 4.90. The van der Waals surface area contributed by atoms with E-state index in [-0.39, 0.29) is 0 Å². The number of aromatic nitrogens is 4. The van der Waals surface area contributed by atoms with Crippen LogP contribution >= 0.6 is 0 Å². The number of nitrogens with zero attached hydrogens (tertiary/aromatic N) is 4. The Labute approximate surface area is 310 Å². The smallest absolute Gasteiger partial charge is 0.164 e. The van der Waals surface area contributed by atoms with Gasteiger partial charge in [-0.1, -0.05) is 146 Å². The van der Waals surface area contributed by atoms with Gasteiger partial charge in [0, 0.05) is 49.5 Å². The summed E-state index contributed by atoms with van der Waals surface area (Å²) < 4.78 is 9.05. The van der Waals surface area contributed by atoms with Gasteiger partial charge in [-0.2, -0.15) is 0 Å². The predicted octanol–water partition coefficient (Wildman–Crippen LogP) is 12.7. The number of para-hydroxylation sites is 2. The summed E-state index contributed by atoms with van der Waals surface area (Å²) in [5, 5.41) is 7.06. The largest absolute Gasteiger partial charge is 0.455 e. The minimum absolute atomic E-state index is 0.620. The minimum atomic E-state index is 0.620. The molecule has 0 N–H and O–H groups in total. The Hall–Kier alpha value is -7.37. The molecular weight excluding hydrogens is 661 g/mol. The quantitative estimate of drug-likeness (QED) is 0.180. The second-order valence-corrected chi connectivity index (χ2v) is 13.7. The van der Waals surface area contributed by atoms with Gasteiger partial charge in [0.25, 0.3) is 0 Å². The molecule has 0 saturated carbocycles. The average Bonchev–Trinajstić information content (AvgIpc) is 3.78. The Morgan fingerprint density at radius 3 is 1.59 bits per heavy atom. The Morgan fingerprint density at radius 1 is 0.370 bits per heavy atom. The van der Waals surface area contributed by atoms with Crippen molar-refractivity contribution < 1.29 is 4.42 Å². The fourth-order valence-corrected chi connectivity index (χ4v) is 7.83. The predicted molar refractivity (Wildman–Crippen MR) is 221 cm³/mol. The maximum Gasteiger partial charge on any atom is 0.164 e. The first-order valence-corrected chi connectivity index (χ1v) is 18.1. The molecule has 0 saturated heterocycles. The molecule has 11 aromatic rings. The molecule has 5 nitrogen and oxygen atoms in total. The highest BCUT2D eigenvalue weighted by Gasteiger charge is 2.19. The molecule has 0 bridgehead atoms. The van der Waals surface area contributed by atoms with Gasteiger partial charge in [0.05, 0.1) is 11.0 Å². The molecule has 11 rings (SSSR count). The van der Waals surface area contributed by atoms with E-state index in [1.54, 1.807) is 0 Å². The normalized spacial score (nSPS) is 11.7. The molecule has 0 aliphatic rings. The first-order valence-electron chi connectivity index (χ1n) is 18.1. The van der Waals surface area contributed by atoms with E-state index in [9.17, 15) is 0 Å². The lowest BCUT2D eigenvalue weighted by Gasteiger charge is -2.13. The fourth-order valence-electron chi connectivity index (χ4n) is 7.83. The van der Waals surface area contributed by atoms with Crippen molar-refractivity contribution in [2.45, 2.75) is 0 Å². The van der Waals surface area contributed by atoms with Crippen LogP contribution in [0.4, 0.5) is 0 Å². The monoisotopic (exact) mass is 690 g/mol. The molecule has 0 aliphatic carbocycles. The van der Waals surface area contributed by atoms with E-state index in [1.165, 1.54) is 27.1 Å². The molecule has 0 radical (unpaired) electrons. The first-order chi connectivity index (χ1) is 26.7. The number of benzene rings is 8. The number of furan rings is 1. The van der Waals surface area contributed by atoms with E-state index in [0.29, 0.717) is 17.5 Å². The van der Waals surface area contributed by atoms with Crippen LogP contribution in [0, 0.1) is 0 Å². The van der Waals surface area contributed by atoms with Gasteiger partial charge < -0.3 is 8.98 Å². The zero-order valence-electron chi connectivity index (χ0n) is 29.0. The molecule has 252 valence electrons. The number of fused-ring (bicyclic) bond motifs is 7. The average molecular weight is 691 g/mol. The topological polar surface area (TPSA) is 56.7 Å². The second kappa shape index (κ2) is 12.1. The molecular formula is C49H30N4O. The van der Waals surface area contributed by atoms with Gasteiger partial charge in [-0.25, -0.2) is 15.0 Å². The Bertz CT molecular complexity index is 3140. The highest BCUT2D eigenvalue weighted by atomic mass is 16.3. The van der Waals surface area contributed by atoms with Crippen LogP contribution in [0.1, 0.15) is 0 Å². The van der Waals surface area contributed by atoms with Gasteiger partial charge in [-0.3, -0.25) is 0 Å². The van der Waals surface area contributed by atoms with Crippen LogP contribution in [0.5, 0.6) is 0 Å². The lowest BCUT2D eigenvalue weighted by Crippen LogP contribution is -2.00. The van der Waals surface area contributed by atoms with Crippen LogP contribution in [-0.2, 0) is 0 Å².